The largest absolute Gasteiger partial charge is 0.346 e. The lowest BCUT2D eigenvalue weighted by atomic mass is 10.2. The molecule has 0 saturated carbocycles. The first-order valence-electron chi connectivity index (χ1n) is 6.60. The zero-order chi connectivity index (χ0) is 14.8. The summed E-state index contributed by atoms with van der Waals surface area (Å²) in [5.41, 5.74) is 3.42. The molecule has 0 atom stereocenters. The number of nitrogens with zero attached hydrogens (tertiary/aromatic N) is 2. The van der Waals surface area contributed by atoms with Crippen LogP contribution in [0.5, 0.6) is 0 Å². The molecule has 0 aliphatic carbocycles. The molecule has 2 heterocycles. The van der Waals surface area contributed by atoms with Crippen molar-refractivity contribution in [2.24, 2.45) is 0 Å². The fraction of sp³-hybridized carbons (Fsp3) is 0.125. The normalized spacial score (nSPS) is 10.8. The third-order valence-electron chi connectivity index (χ3n) is 3.26. The highest BCUT2D eigenvalue weighted by Crippen LogP contribution is 2.11. The summed E-state index contributed by atoms with van der Waals surface area (Å²) >= 11 is 5.80. The molecule has 0 fully saturated rings. The molecule has 0 bridgehead atoms. The van der Waals surface area contributed by atoms with Crippen molar-refractivity contribution in [3.8, 4) is 0 Å². The zero-order valence-corrected chi connectivity index (χ0v) is 12.3. The van der Waals surface area contributed by atoms with E-state index in [0.717, 1.165) is 16.9 Å². The number of benzene rings is 1. The number of hydrogen-bond donors (Lipinski definition) is 1. The number of hydrogen-bond acceptors (Lipinski definition) is 2. The average molecular weight is 300 g/mol. The minimum atomic E-state index is -0.138. The van der Waals surface area contributed by atoms with Gasteiger partial charge in [-0.1, -0.05) is 17.7 Å². The van der Waals surface area contributed by atoms with Crippen LogP contribution in [-0.2, 0) is 6.54 Å². The minimum Gasteiger partial charge on any atom is -0.346 e. The molecule has 0 aliphatic heterocycles. The summed E-state index contributed by atoms with van der Waals surface area (Å²) in [6.07, 6.45) is 3.87. The van der Waals surface area contributed by atoms with E-state index < -0.39 is 0 Å². The fourth-order valence-corrected chi connectivity index (χ4v) is 2.29. The molecule has 0 aliphatic rings. The molecule has 1 N–H and O–H groups in total. The van der Waals surface area contributed by atoms with E-state index in [1.54, 1.807) is 24.3 Å². The quantitative estimate of drug-likeness (QED) is 0.807. The Morgan fingerprint density at radius 2 is 2.05 bits per heavy atom. The first-order chi connectivity index (χ1) is 10.1. The highest BCUT2D eigenvalue weighted by atomic mass is 35.5. The molecule has 106 valence electrons. The number of rotatable bonds is 3. The number of fused-ring (bicyclic) bond motifs is 1. The number of imidazole rings is 1. The van der Waals surface area contributed by atoms with E-state index in [1.165, 1.54) is 0 Å². The van der Waals surface area contributed by atoms with Gasteiger partial charge in [-0.25, -0.2) is 4.98 Å². The molecule has 4 nitrogen and oxygen atoms in total. The third-order valence-corrected chi connectivity index (χ3v) is 3.52. The van der Waals surface area contributed by atoms with E-state index in [1.807, 2.05) is 35.9 Å². The molecule has 0 unspecified atom stereocenters. The van der Waals surface area contributed by atoms with E-state index in [4.69, 9.17) is 11.6 Å². The van der Waals surface area contributed by atoms with Gasteiger partial charge in [-0.3, -0.25) is 4.79 Å². The van der Waals surface area contributed by atoms with E-state index in [-0.39, 0.29) is 5.91 Å². The van der Waals surface area contributed by atoms with Gasteiger partial charge in [0.2, 0.25) is 0 Å². The summed E-state index contributed by atoms with van der Waals surface area (Å²) in [5, 5.41) is 3.47. The van der Waals surface area contributed by atoms with Crippen LogP contribution in [0.3, 0.4) is 0 Å². The number of nitrogens with one attached hydrogen (secondary N) is 1. The van der Waals surface area contributed by atoms with Crippen molar-refractivity contribution in [2.45, 2.75) is 13.5 Å². The topological polar surface area (TPSA) is 46.4 Å². The molecule has 2 aromatic heterocycles. The molecule has 0 radical (unpaired) electrons. The molecule has 1 aromatic carbocycles. The second-order valence-electron chi connectivity index (χ2n) is 4.84. The highest BCUT2D eigenvalue weighted by Gasteiger charge is 2.07. The highest BCUT2D eigenvalue weighted by molar-refractivity contribution is 6.30. The Hall–Kier alpha value is -2.33. The SMILES string of the molecule is Cc1cccn2cc(CNC(=O)c3ccc(Cl)cc3)nc12. The lowest BCUT2D eigenvalue weighted by Gasteiger charge is -2.03. The summed E-state index contributed by atoms with van der Waals surface area (Å²) in [6.45, 7) is 2.40. The monoisotopic (exact) mass is 299 g/mol. The van der Waals surface area contributed by atoms with Gasteiger partial charge in [0, 0.05) is 23.0 Å². The third kappa shape index (κ3) is 2.90. The Bertz CT molecular complexity index is 793. The standard InChI is InChI=1S/C16H14ClN3O/c1-11-3-2-8-20-10-14(19-15(11)20)9-18-16(21)12-4-6-13(17)7-5-12/h2-8,10H,9H2,1H3,(H,18,21). The molecular formula is C16H14ClN3O. The van der Waals surface area contributed by atoms with Crippen LogP contribution in [0.4, 0.5) is 0 Å². The lowest BCUT2D eigenvalue weighted by Crippen LogP contribution is -2.22. The van der Waals surface area contributed by atoms with Crippen LogP contribution in [0.2, 0.25) is 5.02 Å². The van der Waals surface area contributed by atoms with Gasteiger partial charge in [-0.15, -0.1) is 0 Å². The summed E-state index contributed by atoms with van der Waals surface area (Å²) < 4.78 is 1.96. The van der Waals surface area contributed by atoms with Crippen LogP contribution in [-0.4, -0.2) is 15.3 Å². The van der Waals surface area contributed by atoms with Gasteiger partial charge in [-0.05, 0) is 42.8 Å². The Labute approximate surface area is 127 Å². The maximum Gasteiger partial charge on any atom is 0.251 e. The maximum atomic E-state index is 12.0. The van der Waals surface area contributed by atoms with Crippen LogP contribution < -0.4 is 5.32 Å². The lowest BCUT2D eigenvalue weighted by molar-refractivity contribution is 0.0950. The van der Waals surface area contributed by atoms with Crippen molar-refractivity contribution in [2.75, 3.05) is 0 Å². The molecule has 3 rings (SSSR count). The van der Waals surface area contributed by atoms with Crippen molar-refractivity contribution in [1.29, 1.82) is 0 Å². The van der Waals surface area contributed by atoms with Crippen molar-refractivity contribution in [3.63, 3.8) is 0 Å². The van der Waals surface area contributed by atoms with Gasteiger partial charge in [0.1, 0.15) is 5.65 Å². The van der Waals surface area contributed by atoms with Crippen LogP contribution in [0.15, 0.2) is 48.8 Å². The zero-order valence-electron chi connectivity index (χ0n) is 11.5. The number of halogens is 1. The second kappa shape index (κ2) is 5.58. The minimum absolute atomic E-state index is 0.138. The molecule has 5 heteroatoms. The first kappa shape index (κ1) is 13.6. The molecule has 3 aromatic rings. The number of aryl methyl sites for hydroxylation is 1. The molecule has 1 amide bonds. The average Bonchev–Trinajstić information content (AvgIpc) is 2.90. The molecule has 21 heavy (non-hydrogen) atoms. The smallest absolute Gasteiger partial charge is 0.251 e. The Kier molecular flexibility index (Phi) is 3.62. The Morgan fingerprint density at radius 3 is 2.76 bits per heavy atom. The van der Waals surface area contributed by atoms with Crippen molar-refractivity contribution in [3.05, 3.63) is 70.6 Å². The second-order valence-corrected chi connectivity index (χ2v) is 5.28. The van der Waals surface area contributed by atoms with Gasteiger partial charge in [0.25, 0.3) is 5.91 Å². The van der Waals surface area contributed by atoms with Gasteiger partial charge in [0.05, 0.1) is 12.2 Å². The predicted octanol–water partition coefficient (Wildman–Crippen LogP) is 3.23. The van der Waals surface area contributed by atoms with Crippen LogP contribution in [0.1, 0.15) is 21.6 Å². The van der Waals surface area contributed by atoms with Crippen molar-refractivity contribution >= 4 is 23.2 Å². The molecule has 0 spiro atoms. The fourth-order valence-electron chi connectivity index (χ4n) is 2.16. The molecular weight excluding hydrogens is 286 g/mol. The van der Waals surface area contributed by atoms with Gasteiger partial charge < -0.3 is 9.72 Å². The Morgan fingerprint density at radius 1 is 1.29 bits per heavy atom. The Balaban J connectivity index is 1.72. The van der Waals surface area contributed by atoms with E-state index in [9.17, 15) is 4.79 Å². The summed E-state index contributed by atoms with van der Waals surface area (Å²) in [5.74, 6) is -0.138. The van der Waals surface area contributed by atoms with E-state index in [0.29, 0.717) is 17.1 Å². The number of carbonyl (C=O) groups excluding carboxylic acids is 1. The van der Waals surface area contributed by atoms with Crippen molar-refractivity contribution in [1.82, 2.24) is 14.7 Å². The predicted molar refractivity (Wildman–Crippen MR) is 82.6 cm³/mol. The van der Waals surface area contributed by atoms with Crippen LogP contribution in [0.25, 0.3) is 5.65 Å². The van der Waals surface area contributed by atoms with Gasteiger partial charge in [0.15, 0.2) is 0 Å². The summed E-state index contributed by atoms with van der Waals surface area (Å²) in [7, 11) is 0. The van der Waals surface area contributed by atoms with Gasteiger partial charge >= 0.3 is 0 Å². The van der Waals surface area contributed by atoms with Gasteiger partial charge in [-0.2, -0.15) is 0 Å². The summed E-state index contributed by atoms with van der Waals surface area (Å²) in [4.78, 5) is 16.5. The number of amides is 1. The summed E-state index contributed by atoms with van der Waals surface area (Å²) in [6, 6.07) is 10.8. The number of carbonyl (C=O) groups is 1. The molecule has 0 saturated heterocycles. The maximum absolute atomic E-state index is 12.0. The van der Waals surface area contributed by atoms with Crippen LogP contribution >= 0.6 is 11.6 Å². The number of aromatic nitrogens is 2. The van der Waals surface area contributed by atoms with Crippen molar-refractivity contribution < 1.29 is 4.79 Å². The number of pyridine rings is 1. The van der Waals surface area contributed by atoms with E-state index >= 15 is 0 Å². The first-order valence-corrected chi connectivity index (χ1v) is 6.98. The van der Waals surface area contributed by atoms with E-state index in [2.05, 4.69) is 10.3 Å². The van der Waals surface area contributed by atoms with Crippen LogP contribution in [0, 0.1) is 6.92 Å².